The fourth-order valence-electron chi connectivity index (χ4n) is 4.37. The van der Waals surface area contributed by atoms with Crippen LogP contribution in [0.2, 0.25) is 0 Å². The van der Waals surface area contributed by atoms with Crippen LogP contribution in [0.25, 0.3) is 0 Å². The second-order valence-corrected chi connectivity index (χ2v) is 11.6. The molecule has 0 bridgehead atoms. The Bertz CT molecular complexity index is 470. The summed E-state index contributed by atoms with van der Waals surface area (Å²) in [5.74, 6) is -0.272. The average molecular weight is 492 g/mol. The van der Waals surface area contributed by atoms with Gasteiger partial charge in [-0.1, -0.05) is 135 Å². The van der Waals surface area contributed by atoms with E-state index in [2.05, 4.69) is 0 Å². The van der Waals surface area contributed by atoms with Gasteiger partial charge in [0.25, 0.3) is 0 Å². The molecule has 0 saturated heterocycles. The van der Waals surface area contributed by atoms with Crippen LogP contribution in [-0.4, -0.2) is 27.1 Å². The van der Waals surface area contributed by atoms with Crippen LogP contribution in [-0.2, 0) is 9.36 Å². The number of unbranched alkanes of at least 4 members (excludes halogenated alkanes) is 22. The van der Waals surface area contributed by atoms with E-state index in [9.17, 15) is 9.36 Å². The lowest BCUT2D eigenvalue weighted by atomic mass is 10.0. The van der Waals surface area contributed by atoms with Crippen molar-refractivity contribution in [2.75, 3.05) is 6.16 Å². The second-order valence-electron chi connectivity index (χ2n) is 9.80. The molecule has 198 valence electrons. The van der Waals surface area contributed by atoms with Crippen LogP contribution in [0.5, 0.6) is 0 Å². The van der Waals surface area contributed by atoms with Gasteiger partial charge in [0.15, 0.2) is 0 Å². The SMILES string of the molecule is O=C(CCCCCCCCCCCCCCCCCCCCCCCCCP(=O)(O)O)NO. The molecule has 7 heteroatoms. The number of carbonyl (C=O) groups is 1. The molecule has 0 saturated carbocycles. The Morgan fingerprint density at radius 1 is 0.485 bits per heavy atom. The predicted molar refractivity (Wildman–Crippen MR) is 138 cm³/mol. The van der Waals surface area contributed by atoms with Crippen molar-refractivity contribution in [3.63, 3.8) is 0 Å². The number of nitrogens with one attached hydrogen (secondary N) is 1. The molecule has 0 atom stereocenters. The minimum absolute atomic E-state index is 0.0476. The van der Waals surface area contributed by atoms with E-state index in [0.29, 0.717) is 12.8 Å². The molecule has 0 radical (unpaired) electrons. The third-order valence-corrected chi connectivity index (χ3v) is 7.38. The molecule has 0 fully saturated rings. The monoisotopic (exact) mass is 491 g/mol. The van der Waals surface area contributed by atoms with E-state index in [1.807, 2.05) is 0 Å². The number of hydroxylamine groups is 1. The maximum atomic E-state index is 10.9. The first kappa shape index (κ1) is 32.6. The molecule has 0 aliphatic heterocycles. The molecule has 0 spiro atoms. The molecule has 33 heavy (non-hydrogen) atoms. The van der Waals surface area contributed by atoms with Crippen molar-refractivity contribution in [2.24, 2.45) is 0 Å². The normalized spacial score (nSPS) is 11.7. The van der Waals surface area contributed by atoms with Crippen LogP contribution < -0.4 is 5.48 Å². The van der Waals surface area contributed by atoms with Gasteiger partial charge in [0, 0.05) is 12.6 Å². The summed E-state index contributed by atoms with van der Waals surface area (Å²) in [6, 6.07) is 0. The smallest absolute Gasteiger partial charge is 0.324 e. The number of hydrogen-bond acceptors (Lipinski definition) is 3. The summed E-state index contributed by atoms with van der Waals surface area (Å²) in [6.07, 6.45) is 29.2. The third-order valence-electron chi connectivity index (χ3n) is 6.48. The van der Waals surface area contributed by atoms with Gasteiger partial charge in [-0.3, -0.25) is 14.6 Å². The van der Waals surface area contributed by atoms with Crippen LogP contribution >= 0.6 is 7.60 Å². The molecule has 0 aliphatic carbocycles. The van der Waals surface area contributed by atoms with Gasteiger partial charge in [-0.2, -0.15) is 0 Å². The summed E-state index contributed by atoms with van der Waals surface area (Å²) in [5.41, 5.74) is 1.68. The van der Waals surface area contributed by atoms with Crippen LogP contribution in [0.15, 0.2) is 0 Å². The van der Waals surface area contributed by atoms with E-state index >= 15 is 0 Å². The quantitative estimate of drug-likeness (QED) is 0.0424. The molecule has 1 amide bonds. The van der Waals surface area contributed by atoms with Gasteiger partial charge in [-0.05, 0) is 12.8 Å². The summed E-state index contributed by atoms with van der Waals surface area (Å²) < 4.78 is 10.8. The molecule has 0 rings (SSSR count). The van der Waals surface area contributed by atoms with Crippen molar-refractivity contribution >= 4 is 13.5 Å². The van der Waals surface area contributed by atoms with E-state index in [-0.39, 0.29) is 12.1 Å². The van der Waals surface area contributed by atoms with E-state index in [4.69, 9.17) is 15.0 Å². The van der Waals surface area contributed by atoms with Gasteiger partial charge in [0.2, 0.25) is 5.91 Å². The standard InChI is InChI=1S/C26H54NO5P/c28-26(27-29)24-22-20-18-16-14-12-10-8-6-4-2-1-3-5-7-9-11-13-15-17-19-21-23-25-33(30,31)32/h29H,1-25H2,(H,27,28)(H2,30,31,32). The Hall–Kier alpha value is -0.420. The molecule has 4 N–H and O–H groups in total. The fraction of sp³-hybridized carbons (Fsp3) is 0.962. The third kappa shape index (κ3) is 29.5. The first-order chi connectivity index (χ1) is 16.0. The summed E-state index contributed by atoms with van der Waals surface area (Å²) >= 11 is 0. The number of hydrogen-bond donors (Lipinski definition) is 4. The molecule has 6 nitrogen and oxygen atoms in total. The Morgan fingerprint density at radius 3 is 0.970 bits per heavy atom. The zero-order valence-corrected chi connectivity index (χ0v) is 22.2. The van der Waals surface area contributed by atoms with E-state index in [1.165, 1.54) is 116 Å². The lowest BCUT2D eigenvalue weighted by Gasteiger charge is -2.05. The Labute approximate surface area is 203 Å². The van der Waals surface area contributed by atoms with E-state index < -0.39 is 7.60 Å². The summed E-state index contributed by atoms with van der Waals surface area (Å²) in [4.78, 5) is 28.5. The molecule has 0 aromatic rings. The maximum Gasteiger partial charge on any atom is 0.325 e. The molecular formula is C26H54NO5P. The van der Waals surface area contributed by atoms with Gasteiger partial charge >= 0.3 is 7.60 Å². The van der Waals surface area contributed by atoms with Gasteiger partial charge in [-0.15, -0.1) is 0 Å². The van der Waals surface area contributed by atoms with Gasteiger partial charge < -0.3 is 9.79 Å². The predicted octanol–water partition coefficient (Wildman–Crippen LogP) is 8.03. The number of carbonyl (C=O) groups excluding carboxylic acids is 1. The van der Waals surface area contributed by atoms with Crippen molar-refractivity contribution in [1.29, 1.82) is 0 Å². The molecular weight excluding hydrogens is 437 g/mol. The Kier molecular flexibility index (Phi) is 24.4. The summed E-state index contributed by atoms with van der Waals surface area (Å²) in [5, 5.41) is 8.42. The molecule has 0 aliphatic rings. The fourth-order valence-corrected chi connectivity index (χ4v) is 5.01. The number of rotatable bonds is 26. The molecule has 0 aromatic heterocycles. The maximum absolute atomic E-state index is 10.9. The molecule has 0 unspecified atom stereocenters. The largest absolute Gasteiger partial charge is 0.325 e. The van der Waals surface area contributed by atoms with Crippen molar-refractivity contribution in [2.45, 2.75) is 154 Å². The molecule has 0 heterocycles. The zero-order chi connectivity index (χ0) is 24.5. The highest BCUT2D eigenvalue weighted by atomic mass is 31.2. The summed E-state index contributed by atoms with van der Waals surface area (Å²) in [6.45, 7) is 0. The second kappa shape index (κ2) is 24.7. The minimum atomic E-state index is -3.78. The number of amides is 1. The zero-order valence-electron chi connectivity index (χ0n) is 21.3. The van der Waals surface area contributed by atoms with Gasteiger partial charge in [0.1, 0.15) is 0 Å². The van der Waals surface area contributed by atoms with Gasteiger partial charge in [-0.25, -0.2) is 5.48 Å². The highest BCUT2D eigenvalue weighted by molar-refractivity contribution is 7.51. The van der Waals surface area contributed by atoms with Crippen LogP contribution in [0.4, 0.5) is 0 Å². The highest BCUT2D eigenvalue weighted by Gasteiger charge is 2.10. The van der Waals surface area contributed by atoms with E-state index in [0.717, 1.165) is 25.7 Å². The van der Waals surface area contributed by atoms with Crippen LogP contribution in [0.3, 0.4) is 0 Å². The lowest BCUT2D eigenvalue weighted by molar-refractivity contribution is -0.129. The topological polar surface area (TPSA) is 107 Å². The average Bonchev–Trinajstić information content (AvgIpc) is 2.78. The van der Waals surface area contributed by atoms with Crippen LogP contribution in [0, 0.1) is 0 Å². The van der Waals surface area contributed by atoms with Crippen molar-refractivity contribution < 1.29 is 24.4 Å². The highest BCUT2D eigenvalue weighted by Crippen LogP contribution is 2.35. The molecule has 0 aromatic carbocycles. The van der Waals surface area contributed by atoms with E-state index in [1.54, 1.807) is 5.48 Å². The first-order valence-corrected chi connectivity index (χ1v) is 15.7. The summed E-state index contributed by atoms with van der Waals surface area (Å²) in [7, 11) is -3.78. The Morgan fingerprint density at radius 2 is 0.727 bits per heavy atom. The van der Waals surface area contributed by atoms with Crippen molar-refractivity contribution in [3.8, 4) is 0 Å². The van der Waals surface area contributed by atoms with Crippen molar-refractivity contribution in [1.82, 2.24) is 5.48 Å². The first-order valence-electron chi connectivity index (χ1n) is 13.9. The van der Waals surface area contributed by atoms with Crippen LogP contribution in [0.1, 0.15) is 154 Å². The van der Waals surface area contributed by atoms with Crippen molar-refractivity contribution in [3.05, 3.63) is 0 Å². The Balaban J connectivity index is 3.06. The lowest BCUT2D eigenvalue weighted by Crippen LogP contribution is -2.17. The minimum Gasteiger partial charge on any atom is -0.324 e. The van der Waals surface area contributed by atoms with Gasteiger partial charge in [0.05, 0.1) is 0 Å².